The molecular weight excluding hydrogens is 302 g/mol. The lowest BCUT2D eigenvalue weighted by molar-refractivity contribution is -0.117. The van der Waals surface area contributed by atoms with Crippen LogP contribution in [0, 0.1) is 6.92 Å². The lowest BCUT2D eigenvalue weighted by Gasteiger charge is -2.20. The van der Waals surface area contributed by atoms with Gasteiger partial charge in [-0.2, -0.15) is 4.98 Å². The van der Waals surface area contributed by atoms with Crippen LogP contribution in [0.15, 0.2) is 22.7 Å². The Hall–Kier alpha value is -1.88. The van der Waals surface area contributed by atoms with Gasteiger partial charge in [0.2, 0.25) is 11.8 Å². The first-order chi connectivity index (χ1) is 10.5. The number of carbonyl (C=O) groups excluding carboxylic acids is 1. The van der Waals surface area contributed by atoms with Gasteiger partial charge in [-0.3, -0.25) is 4.79 Å². The van der Waals surface area contributed by atoms with Crippen molar-refractivity contribution >= 4 is 23.2 Å². The fraction of sp³-hybridized carbons (Fsp3) is 0.438. The molecule has 1 fully saturated rings. The summed E-state index contributed by atoms with van der Waals surface area (Å²) >= 11 is 6.27. The van der Waals surface area contributed by atoms with Crippen molar-refractivity contribution in [1.82, 2.24) is 10.1 Å². The summed E-state index contributed by atoms with van der Waals surface area (Å²) in [5, 5.41) is 4.56. The lowest BCUT2D eigenvalue weighted by Crippen LogP contribution is -2.25. The van der Waals surface area contributed by atoms with Gasteiger partial charge in [-0.1, -0.05) is 42.7 Å². The second-order valence-electron chi connectivity index (χ2n) is 5.96. The summed E-state index contributed by atoms with van der Waals surface area (Å²) in [6.45, 7) is 6.48. The fourth-order valence-corrected chi connectivity index (χ4v) is 3.03. The molecule has 3 rings (SSSR count). The summed E-state index contributed by atoms with van der Waals surface area (Å²) in [5.74, 6) is 1.37. The minimum absolute atomic E-state index is 0.0329. The Kier molecular flexibility index (Phi) is 3.91. The number of aromatic nitrogens is 2. The van der Waals surface area contributed by atoms with Crippen LogP contribution in [0.4, 0.5) is 5.69 Å². The van der Waals surface area contributed by atoms with E-state index in [0.29, 0.717) is 29.7 Å². The van der Waals surface area contributed by atoms with Gasteiger partial charge < -0.3 is 9.42 Å². The van der Waals surface area contributed by atoms with Crippen LogP contribution in [-0.4, -0.2) is 22.6 Å². The average molecular weight is 320 g/mol. The topological polar surface area (TPSA) is 59.2 Å². The maximum absolute atomic E-state index is 12.4. The van der Waals surface area contributed by atoms with Crippen LogP contribution >= 0.6 is 11.6 Å². The predicted molar refractivity (Wildman–Crippen MR) is 84.3 cm³/mol. The molecule has 5 nitrogen and oxygen atoms in total. The maximum atomic E-state index is 12.4. The zero-order valence-electron chi connectivity index (χ0n) is 12.8. The van der Waals surface area contributed by atoms with Gasteiger partial charge in [-0.15, -0.1) is 0 Å². The Balaban J connectivity index is 1.87. The van der Waals surface area contributed by atoms with Crippen LogP contribution in [0.5, 0.6) is 0 Å². The first-order valence-electron chi connectivity index (χ1n) is 7.36. The van der Waals surface area contributed by atoms with Crippen molar-refractivity contribution in [2.24, 2.45) is 0 Å². The van der Waals surface area contributed by atoms with Crippen LogP contribution in [0.1, 0.15) is 49.4 Å². The Morgan fingerprint density at radius 1 is 1.41 bits per heavy atom. The number of halogens is 1. The molecule has 0 bridgehead atoms. The molecule has 0 radical (unpaired) electrons. The van der Waals surface area contributed by atoms with E-state index < -0.39 is 0 Å². The smallest absolute Gasteiger partial charge is 0.232 e. The van der Waals surface area contributed by atoms with E-state index in [1.165, 1.54) is 0 Å². The molecule has 0 aliphatic carbocycles. The number of hydrogen-bond acceptors (Lipinski definition) is 4. The van der Waals surface area contributed by atoms with Crippen LogP contribution < -0.4 is 4.90 Å². The largest absolute Gasteiger partial charge is 0.339 e. The molecule has 6 heteroatoms. The highest BCUT2D eigenvalue weighted by Crippen LogP contribution is 2.36. The lowest BCUT2D eigenvalue weighted by atomic mass is 10.1. The minimum Gasteiger partial charge on any atom is -0.339 e. The van der Waals surface area contributed by atoms with Gasteiger partial charge in [0, 0.05) is 18.9 Å². The SMILES string of the molecule is Cc1cccc(Cl)c1N1CC(c2nc(C(C)C)no2)CC1=O. The summed E-state index contributed by atoms with van der Waals surface area (Å²) in [5.41, 5.74) is 1.76. The normalized spacial score (nSPS) is 18.5. The summed E-state index contributed by atoms with van der Waals surface area (Å²) in [6, 6.07) is 5.63. The summed E-state index contributed by atoms with van der Waals surface area (Å²) in [7, 11) is 0. The first kappa shape index (κ1) is 15.0. The molecule has 1 aliphatic rings. The van der Waals surface area contributed by atoms with E-state index in [4.69, 9.17) is 16.1 Å². The van der Waals surface area contributed by atoms with Gasteiger partial charge in [-0.05, 0) is 18.6 Å². The second kappa shape index (κ2) is 5.72. The summed E-state index contributed by atoms with van der Waals surface area (Å²) in [6.07, 6.45) is 0.365. The van der Waals surface area contributed by atoms with E-state index in [0.717, 1.165) is 11.3 Å². The molecule has 1 aromatic carbocycles. The van der Waals surface area contributed by atoms with Crippen molar-refractivity contribution < 1.29 is 9.32 Å². The monoisotopic (exact) mass is 319 g/mol. The van der Waals surface area contributed by atoms with Crippen molar-refractivity contribution in [3.63, 3.8) is 0 Å². The van der Waals surface area contributed by atoms with Gasteiger partial charge in [0.15, 0.2) is 5.82 Å². The number of nitrogens with zero attached hydrogens (tertiary/aromatic N) is 3. The van der Waals surface area contributed by atoms with Gasteiger partial charge in [-0.25, -0.2) is 0 Å². The fourth-order valence-electron chi connectivity index (χ4n) is 2.70. The molecule has 2 heterocycles. The van der Waals surface area contributed by atoms with Gasteiger partial charge in [0.1, 0.15) is 0 Å². The van der Waals surface area contributed by atoms with Crippen LogP contribution in [0.3, 0.4) is 0 Å². The molecule has 0 N–H and O–H groups in total. The average Bonchev–Trinajstić information content (AvgIpc) is 3.06. The van der Waals surface area contributed by atoms with E-state index in [1.54, 1.807) is 11.0 Å². The third kappa shape index (κ3) is 2.61. The first-order valence-corrected chi connectivity index (χ1v) is 7.74. The number of amides is 1. The highest BCUT2D eigenvalue weighted by atomic mass is 35.5. The molecule has 116 valence electrons. The number of carbonyl (C=O) groups is 1. The third-order valence-electron chi connectivity index (χ3n) is 3.91. The molecule has 2 aromatic rings. The number of aryl methyl sites for hydroxylation is 1. The Bertz CT molecular complexity index is 691. The van der Waals surface area contributed by atoms with Crippen LogP contribution in [0.2, 0.25) is 5.02 Å². The molecule has 0 saturated carbocycles. The Labute approximate surface area is 134 Å². The van der Waals surface area contributed by atoms with E-state index >= 15 is 0 Å². The Morgan fingerprint density at radius 2 is 2.18 bits per heavy atom. The number of anilines is 1. The predicted octanol–water partition coefficient (Wildman–Crippen LogP) is 3.68. The van der Waals surface area contributed by atoms with E-state index in [2.05, 4.69) is 10.1 Å². The van der Waals surface area contributed by atoms with Crippen molar-refractivity contribution in [2.45, 2.75) is 39.0 Å². The number of hydrogen-bond donors (Lipinski definition) is 0. The van der Waals surface area contributed by atoms with E-state index in [1.807, 2.05) is 32.9 Å². The van der Waals surface area contributed by atoms with Crippen molar-refractivity contribution in [3.05, 3.63) is 40.5 Å². The summed E-state index contributed by atoms with van der Waals surface area (Å²) in [4.78, 5) is 18.5. The van der Waals surface area contributed by atoms with Gasteiger partial charge in [0.25, 0.3) is 0 Å². The van der Waals surface area contributed by atoms with Crippen LogP contribution in [0.25, 0.3) is 0 Å². The van der Waals surface area contributed by atoms with E-state index in [-0.39, 0.29) is 17.7 Å². The van der Waals surface area contributed by atoms with Crippen molar-refractivity contribution in [3.8, 4) is 0 Å². The molecule has 0 spiro atoms. The molecule has 1 saturated heterocycles. The molecule has 1 aliphatic heterocycles. The molecule has 1 unspecified atom stereocenters. The maximum Gasteiger partial charge on any atom is 0.232 e. The van der Waals surface area contributed by atoms with E-state index in [9.17, 15) is 4.79 Å². The minimum atomic E-state index is -0.0804. The molecule has 22 heavy (non-hydrogen) atoms. The molecular formula is C16H18ClN3O2. The zero-order valence-corrected chi connectivity index (χ0v) is 13.6. The number of para-hydroxylation sites is 1. The van der Waals surface area contributed by atoms with Crippen LogP contribution in [-0.2, 0) is 4.79 Å². The Morgan fingerprint density at radius 3 is 2.82 bits per heavy atom. The number of rotatable bonds is 3. The van der Waals surface area contributed by atoms with Crippen molar-refractivity contribution in [1.29, 1.82) is 0 Å². The standard InChI is InChI=1S/C16H18ClN3O2/c1-9(2)15-18-16(22-19-15)11-7-13(21)20(8-11)14-10(3)5-4-6-12(14)17/h4-6,9,11H,7-8H2,1-3H3. The molecule has 1 aromatic heterocycles. The highest BCUT2D eigenvalue weighted by molar-refractivity contribution is 6.34. The quantitative estimate of drug-likeness (QED) is 0.866. The summed E-state index contributed by atoms with van der Waals surface area (Å²) < 4.78 is 5.33. The highest BCUT2D eigenvalue weighted by Gasteiger charge is 2.36. The third-order valence-corrected chi connectivity index (χ3v) is 4.21. The molecule has 1 atom stereocenters. The second-order valence-corrected chi connectivity index (χ2v) is 6.36. The van der Waals surface area contributed by atoms with Crippen molar-refractivity contribution in [2.75, 3.05) is 11.4 Å². The van der Waals surface area contributed by atoms with Gasteiger partial charge >= 0.3 is 0 Å². The number of benzene rings is 1. The zero-order chi connectivity index (χ0) is 15.9. The molecule has 1 amide bonds. The van der Waals surface area contributed by atoms with Gasteiger partial charge in [0.05, 0.1) is 16.6 Å².